The van der Waals surface area contributed by atoms with Crippen LogP contribution < -0.4 is 20.7 Å². The lowest BCUT2D eigenvalue weighted by atomic mass is 10.1. The van der Waals surface area contributed by atoms with Gasteiger partial charge >= 0.3 is 5.97 Å². The topological polar surface area (TPSA) is 116 Å². The highest BCUT2D eigenvalue weighted by Gasteiger charge is 2.24. The fourth-order valence-corrected chi connectivity index (χ4v) is 4.89. The Morgan fingerprint density at radius 1 is 1.00 bits per heavy atom. The molecule has 0 bridgehead atoms. The third-order valence-electron chi connectivity index (χ3n) is 6.91. The van der Waals surface area contributed by atoms with Crippen LogP contribution in [0.5, 0.6) is 0 Å². The smallest absolute Gasteiger partial charge is 0.337 e. The SMILES string of the molecule is Cc1cnc(N2CCN(c3nc4c([C@@H](C)Nc5ccccc5C(=O)O)cc(C)cn4c(=O)c3C)CC2)nc1. The van der Waals surface area contributed by atoms with Crippen molar-refractivity contribution in [3.63, 3.8) is 0 Å². The summed E-state index contributed by atoms with van der Waals surface area (Å²) in [4.78, 5) is 43.4. The Kier molecular flexibility index (Phi) is 6.71. The molecule has 0 saturated carbocycles. The van der Waals surface area contributed by atoms with Crippen molar-refractivity contribution in [1.82, 2.24) is 19.4 Å². The Balaban J connectivity index is 1.48. The van der Waals surface area contributed by atoms with Gasteiger partial charge in [-0.3, -0.25) is 9.20 Å². The number of pyridine rings is 1. The number of nitrogens with zero attached hydrogens (tertiary/aromatic N) is 6. The van der Waals surface area contributed by atoms with Gasteiger partial charge in [0.05, 0.1) is 17.2 Å². The van der Waals surface area contributed by atoms with Crippen LogP contribution in [-0.4, -0.2) is 56.6 Å². The van der Waals surface area contributed by atoms with E-state index in [2.05, 4.69) is 25.1 Å². The first-order valence-corrected chi connectivity index (χ1v) is 12.6. The van der Waals surface area contributed by atoms with Crippen molar-refractivity contribution >= 4 is 29.1 Å². The molecule has 10 nitrogen and oxygen atoms in total. The quantitative estimate of drug-likeness (QED) is 0.399. The molecule has 38 heavy (non-hydrogen) atoms. The molecule has 0 unspecified atom stereocenters. The van der Waals surface area contributed by atoms with Crippen LogP contribution in [0.25, 0.3) is 5.65 Å². The number of fused-ring (bicyclic) bond motifs is 1. The number of anilines is 3. The highest BCUT2D eigenvalue weighted by molar-refractivity contribution is 5.94. The summed E-state index contributed by atoms with van der Waals surface area (Å²) in [7, 11) is 0. The average molecular weight is 514 g/mol. The molecule has 10 heteroatoms. The van der Waals surface area contributed by atoms with Crippen LogP contribution >= 0.6 is 0 Å². The lowest BCUT2D eigenvalue weighted by Crippen LogP contribution is -2.48. The molecule has 1 fully saturated rings. The third-order valence-corrected chi connectivity index (χ3v) is 6.91. The number of aromatic carboxylic acids is 1. The Bertz CT molecular complexity index is 1560. The van der Waals surface area contributed by atoms with Gasteiger partial charge in [-0.15, -0.1) is 0 Å². The summed E-state index contributed by atoms with van der Waals surface area (Å²) >= 11 is 0. The van der Waals surface area contributed by atoms with Gasteiger partial charge in [-0.2, -0.15) is 0 Å². The maximum absolute atomic E-state index is 13.5. The van der Waals surface area contributed by atoms with Gasteiger partial charge in [0, 0.05) is 56.0 Å². The minimum absolute atomic E-state index is 0.114. The van der Waals surface area contributed by atoms with E-state index in [9.17, 15) is 14.7 Å². The minimum Gasteiger partial charge on any atom is -0.478 e. The van der Waals surface area contributed by atoms with E-state index in [4.69, 9.17) is 4.98 Å². The summed E-state index contributed by atoms with van der Waals surface area (Å²) in [5.41, 5.74) is 4.48. The Labute approximate surface area is 220 Å². The fourth-order valence-electron chi connectivity index (χ4n) is 4.89. The molecule has 1 aliphatic rings. The molecule has 1 saturated heterocycles. The summed E-state index contributed by atoms with van der Waals surface area (Å²) in [6.45, 7) is 10.5. The lowest BCUT2D eigenvalue weighted by Gasteiger charge is -2.36. The fraction of sp³-hybridized carbons (Fsp3) is 0.321. The van der Waals surface area contributed by atoms with Crippen LogP contribution in [0.1, 0.15) is 45.6 Å². The number of carbonyl (C=O) groups is 1. The number of piperazine rings is 1. The number of para-hydroxylation sites is 1. The average Bonchev–Trinajstić information content (AvgIpc) is 2.91. The van der Waals surface area contributed by atoms with Crippen molar-refractivity contribution < 1.29 is 9.90 Å². The predicted molar refractivity (Wildman–Crippen MR) is 148 cm³/mol. The molecule has 1 aliphatic heterocycles. The summed E-state index contributed by atoms with van der Waals surface area (Å²) in [5.74, 6) is 0.373. The normalized spacial score (nSPS) is 14.5. The van der Waals surface area contributed by atoms with Gasteiger partial charge in [-0.05, 0) is 57.0 Å². The van der Waals surface area contributed by atoms with E-state index in [1.54, 1.807) is 34.9 Å². The van der Waals surface area contributed by atoms with Crippen molar-refractivity contribution in [2.24, 2.45) is 0 Å². The van der Waals surface area contributed by atoms with E-state index >= 15 is 0 Å². The Hall–Kier alpha value is -4.47. The van der Waals surface area contributed by atoms with Crippen molar-refractivity contribution in [2.75, 3.05) is 41.3 Å². The molecule has 0 radical (unpaired) electrons. The molecule has 196 valence electrons. The maximum Gasteiger partial charge on any atom is 0.337 e. The van der Waals surface area contributed by atoms with E-state index in [0.29, 0.717) is 54.8 Å². The summed E-state index contributed by atoms with van der Waals surface area (Å²) in [6, 6.07) is 8.49. The highest BCUT2D eigenvalue weighted by Crippen LogP contribution is 2.27. The summed E-state index contributed by atoms with van der Waals surface area (Å²) in [6.07, 6.45) is 5.44. The van der Waals surface area contributed by atoms with Crippen LogP contribution in [0.3, 0.4) is 0 Å². The van der Waals surface area contributed by atoms with Gasteiger partial charge in [-0.1, -0.05) is 12.1 Å². The van der Waals surface area contributed by atoms with Gasteiger partial charge in [0.25, 0.3) is 5.56 Å². The standard InChI is InChI=1S/C28H31N7O3/c1-17-13-22(20(4)31-23-8-6-5-7-21(23)27(37)38)25-32-24(19(3)26(36)35(25)16-17)33-9-11-34(12-10-33)28-29-14-18(2)15-30-28/h5-8,13-16,20,31H,9-12H2,1-4H3,(H,37,38)/t20-/m1/s1. The minimum atomic E-state index is -1.00. The third kappa shape index (κ3) is 4.77. The number of aromatic nitrogens is 4. The molecular weight excluding hydrogens is 482 g/mol. The number of rotatable bonds is 6. The van der Waals surface area contributed by atoms with E-state index < -0.39 is 5.97 Å². The lowest BCUT2D eigenvalue weighted by molar-refractivity contribution is 0.0698. The zero-order valence-electron chi connectivity index (χ0n) is 22.0. The molecule has 1 aromatic carbocycles. The monoisotopic (exact) mass is 513 g/mol. The summed E-state index contributed by atoms with van der Waals surface area (Å²) < 4.78 is 1.60. The first kappa shape index (κ1) is 25.2. The molecule has 0 aliphatic carbocycles. The number of carboxylic acids is 1. The molecular formula is C28H31N7O3. The van der Waals surface area contributed by atoms with Gasteiger partial charge in [0.1, 0.15) is 11.5 Å². The van der Waals surface area contributed by atoms with Crippen LogP contribution in [0.2, 0.25) is 0 Å². The molecule has 2 N–H and O–H groups in total. The van der Waals surface area contributed by atoms with Crippen molar-refractivity contribution in [2.45, 2.75) is 33.7 Å². The number of nitrogens with one attached hydrogen (secondary N) is 1. The predicted octanol–water partition coefficient (Wildman–Crippen LogP) is 3.61. The molecule has 0 spiro atoms. The summed E-state index contributed by atoms with van der Waals surface area (Å²) in [5, 5.41) is 12.9. The second-order valence-corrected chi connectivity index (χ2v) is 9.78. The number of aryl methyl sites for hydroxylation is 2. The van der Waals surface area contributed by atoms with E-state index in [0.717, 1.165) is 16.7 Å². The van der Waals surface area contributed by atoms with Crippen LogP contribution in [-0.2, 0) is 0 Å². The van der Waals surface area contributed by atoms with Gasteiger partial charge < -0.3 is 20.2 Å². The zero-order valence-corrected chi connectivity index (χ0v) is 22.0. The van der Waals surface area contributed by atoms with Crippen molar-refractivity contribution in [1.29, 1.82) is 0 Å². The molecule has 5 rings (SSSR count). The zero-order chi connectivity index (χ0) is 27.0. The first-order chi connectivity index (χ1) is 18.2. The van der Waals surface area contributed by atoms with Gasteiger partial charge in [0.15, 0.2) is 0 Å². The largest absolute Gasteiger partial charge is 0.478 e. The molecule has 4 aromatic rings. The maximum atomic E-state index is 13.5. The molecule has 1 atom stereocenters. The van der Waals surface area contributed by atoms with E-state index in [1.807, 2.05) is 46.2 Å². The number of hydrogen-bond donors (Lipinski definition) is 2. The Morgan fingerprint density at radius 2 is 1.66 bits per heavy atom. The number of hydrogen-bond acceptors (Lipinski definition) is 8. The second-order valence-electron chi connectivity index (χ2n) is 9.78. The van der Waals surface area contributed by atoms with Crippen molar-refractivity contribution in [3.05, 3.63) is 87.1 Å². The number of benzene rings is 1. The first-order valence-electron chi connectivity index (χ1n) is 12.6. The van der Waals surface area contributed by atoms with Gasteiger partial charge in [0.2, 0.25) is 5.95 Å². The van der Waals surface area contributed by atoms with Crippen LogP contribution in [0.4, 0.5) is 17.5 Å². The number of carboxylic acid groups (broad SMARTS) is 1. The van der Waals surface area contributed by atoms with E-state index in [-0.39, 0.29) is 17.2 Å². The molecule has 3 aromatic heterocycles. The highest BCUT2D eigenvalue weighted by atomic mass is 16.4. The molecule has 0 amide bonds. The van der Waals surface area contributed by atoms with Crippen LogP contribution in [0.15, 0.2) is 53.7 Å². The van der Waals surface area contributed by atoms with Gasteiger partial charge in [-0.25, -0.2) is 19.7 Å². The molecule has 4 heterocycles. The van der Waals surface area contributed by atoms with E-state index in [1.165, 1.54) is 0 Å². The second kappa shape index (κ2) is 10.1. The van der Waals surface area contributed by atoms with Crippen molar-refractivity contribution in [3.8, 4) is 0 Å². The van der Waals surface area contributed by atoms with Crippen LogP contribution in [0, 0.1) is 20.8 Å². The Morgan fingerprint density at radius 3 is 2.34 bits per heavy atom.